The SMILES string of the molecule is COC(=O)C1CCN(Cc2ccc(-c3nc4c(cnc5cc(C)nn54)cc3-c3ccccc3)cc2)CC1. The summed E-state index contributed by atoms with van der Waals surface area (Å²) in [4.78, 5) is 24.0. The number of aromatic nitrogens is 4. The van der Waals surface area contributed by atoms with Crippen molar-refractivity contribution in [2.45, 2.75) is 26.3 Å². The van der Waals surface area contributed by atoms with Crippen LogP contribution in [0.5, 0.6) is 0 Å². The average Bonchev–Trinajstić information content (AvgIpc) is 3.34. The molecule has 0 radical (unpaired) electrons. The summed E-state index contributed by atoms with van der Waals surface area (Å²) < 4.78 is 6.75. The van der Waals surface area contributed by atoms with Crippen LogP contribution in [0.2, 0.25) is 0 Å². The van der Waals surface area contributed by atoms with Crippen molar-refractivity contribution in [2.24, 2.45) is 5.92 Å². The fourth-order valence-electron chi connectivity index (χ4n) is 5.23. The number of methoxy groups -OCH3 is 1. The largest absolute Gasteiger partial charge is 0.469 e. The molecule has 0 unspecified atom stereocenters. The smallest absolute Gasteiger partial charge is 0.308 e. The normalized spacial score (nSPS) is 14.9. The third kappa shape index (κ3) is 4.58. The zero-order chi connectivity index (χ0) is 25.4. The van der Waals surface area contributed by atoms with Crippen LogP contribution in [0, 0.1) is 12.8 Å². The van der Waals surface area contributed by atoms with Crippen LogP contribution in [0.4, 0.5) is 0 Å². The summed E-state index contributed by atoms with van der Waals surface area (Å²) >= 11 is 0. The van der Waals surface area contributed by atoms with E-state index in [0.717, 1.165) is 77.2 Å². The number of fused-ring (bicyclic) bond motifs is 3. The molecule has 0 atom stereocenters. The number of rotatable bonds is 5. The molecule has 2 aromatic carbocycles. The summed E-state index contributed by atoms with van der Waals surface area (Å²) in [6.07, 6.45) is 3.58. The number of carbonyl (C=O) groups excluding carboxylic acids is 1. The molecule has 1 aliphatic rings. The molecule has 3 aromatic heterocycles. The number of nitrogens with zero attached hydrogens (tertiary/aromatic N) is 5. The number of carbonyl (C=O) groups is 1. The average molecular weight is 492 g/mol. The Morgan fingerprint density at radius 3 is 2.49 bits per heavy atom. The van der Waals surface area contributed by atoms with E-state index in [4.69, 9.17) is 9.72 Å². The number of likely N-dealkylation sites (tertiary alicyclic amines) is 1. The number of piperidine rings is 1. The van der Waals surface area contributed by atoms with Crippen LogP contribution in [0.3, 0.4) is 0 Å². The van der Waals surface area contributed by atoms with Crippen LogP contribution >= 0.6 is 0 Å². The minimum atomic E-state index is -0.0839. The fourth-order valence-corrected chi connectivity index (χ4v) is 5.23. The first-order chi connectivity index (χ1) is 18.1. The Bertz CT molecular complexity index is 1570. The van der Waals surface area contributed by atoms with Gasteiger partial charge in [0.05, 0.1) is 24.4 Å². The van der Waals surface area contributed by atoms with Gasteiger partial charge in [0.1, 0.15) is 0 Å². The van der Waals surface area contributed by atoms with E-state index in [-0.39, 0.29) is 11.9 Å². The van der Waals surface area contributed by atoms with Gasteiger partial charge in [-0.1, -0.05) is 54.6 Å². The van der Waals surface area contributed by atoms with E-state index in [1.807, 2.05) is 41.9 Å². The predicted octanol–water partition coefficient (Wildman–Crippen LogP) is 5.30. The first-order valence-corrected chi connectivity index (χ1v) is 12.7. The van der Waals surface area contributed by atoms with Gasteiger partial charge in [-0.2, -0.15) is 9.61 Å². The first kappa shape index (κ1) is 23.3. The Morgan fingerprint density at radius 1 is 1.00 bits per heavy atom. The second kappa shape index (κ2) is 9.75. The van der Waals surface area contributed by atoms with E-state index in [2.05, 4.69) is 57.4 Å². The summed E-state index contributed by atoms with van der Waals surface area (Å²) in [5.41, 5.74) is 7.91. The minimum Gasteiger partial charge on any atom is -0.469 e. The van der Waals surface area contributed by atoms with Gasteiger partial charge in [0.25, 0.3) is 0 Å². The Balaban J connectivity index is 1.33. The summed E-state index contributed by atoms with van der Waals surface area (Å²) in [6, 6.07) is 23.2. The molecule has 1 fully saturated rings. The van der Waals surface area contributed by atoms with E-state index in [1.54, 1.807) is 0 Å². The highest BCUT2D eigenvalue weighted by Crippen LogP contribution is 2.34. The molecule has 1 aliphatic heterocycles. The second-order valence-electron chi connectivity index (χ2n) is 9.75. The molecule has 0 spiro atoms. The first-order valence-electron chi connectivity index (χ1n) is 12.7. The van der Waals surface area contributed by atoms with Gasteiger partial charge in [-0.05, 0) is 50.0 Å². The Kier molecular flexibility index (Phi) is 6.14. The molecule has 37 heavy (non-hydrogen) atoms. The predicted molar refractivity (Wildman–Crippen MR) is 144 cm³/mol. The van der Waals surface area contributed by atoms with Crippen molar-refractivity contribution in [3.63, 3.8) is 0 Å². The maximum Gasteiger partial charge on any atom is 0.308 e. The summed E-state index contributed by atoms with van der Waals surface area (Å²) in [7, 11) is 1.47. The van der Waals surface area contributed by atoms with Gasteiger partial charge in [0.2, 0.25) is 0 Å². The molecule has 0 N–H and O–H groups in total. The molecule has 1 saturated heterocycles. The van der Waals surface area contributed by atoms with Crippen LogP contribution in [0.1, 0.15) is 24.1 Å². The molecule has 0 saturated carbocycles. The number of esters is 1. The molecule has 186 valence electrons. The number of hydrogen-bond donors (Lipinski definition) is 0. The zero-order valence-electron chi connectivity index (χ0n) is 21.1. The van der Waals surface area contributed by atoms with Gasteiger partial charge in [-0.15, -0.1) is 0 Å². The third-order valence-electron chi connectivity index (χ3n) is 7.22. The molecule has 4 heterocycles. The van der Waals surface area contributed by atoms with Crippen molar-refractivity contribution >= 4 is 22.6 Å². The van der Waals surface area contributed by atoms with Crippen LogP contribution < -0.4 is 0 Å². The monoisotopic (exact) mass is 491 g/mol. The van der Waals surface area contributed by atoms with Gasteiger partial charge in [0.15, 0.2) is 11.3 Å². The van der Waals surface area contributed by atoms with Crippen molar-refractivity contribution < 1.29 is 9.53 Å². The highest BCUT2D eigenvalue weighted by Gasteiger charge is 2.25. The van der Waals surface area contributed by atoms with Crippen LogP contribution in [0.15, 0.2) is 72.9 Å². The van der Waals surface area contributed by atoms with Crippen molar-refractivity contribution in [3.05, 3.63) is 84.2 Å². The second-order valence-corrected chi connectivity index (χ2v) is 9.75. The lowest BCUT2D eigenvalue weighted by molar-refractivity contribution is -0.147. The lowest BCUT2D eigenvalue weighted by Gasteiger charge is -2.30. The lowest BCUT2D eigenvalue weighted by atomic mass is 9.96. The topological polar surface area (TPSA) is 72.6 Å². The summed E-state index contributed by atoms with van der Waals surface area (Å²) in [5.74, 6) is -0.0568. The highest BCUT2D eigenvalue weighted by molar-refractivity contribution is 5.90. The van der Waals surface area contributed by atoms with Gasteiger partial charge in [-0.25, -0.2) is 9.97 Å². The Labute approximate surface area is 215 Å². The molecular formula is C30H29N5O2. The molecule has 7 nitrogen and oxygen atoms in total. The van der Waals surface area contributed by atoms with Gasteiger partial charge in [-0.3, -0.25) is 9.69 Å². The molecule has 0 amide bonds. The van der Waals surface area contributed by atoms with E-state index >= 15 is 0 Å². The molecule has 0 bridgehead atoms. The number of pyridine rings is 1. The number of ether oxygens (including phenoxy) is 1. The standard InChI is InChI=1S/C30H29N5O2/c1-20-16-27-31-18-25-17-26(22-6-4-3-5-7-22)28(32-29(25)35(27)33-20)23-10-8-21(9-11-23)19-34-14-12-24(13-15-34)30(36)37-2/h3-11,16-18,24H,12-15,19H2,1-2H3. The van der Waals surface area contributed by atoms with Crippen molar-refractivity contribution in [1.29, 1.82) is 0 Å². The molecular weight excluding hydrogens is 462 g/mol. The maximum atomic E-state index is 11.8. The lowest BCUT2D eigenvalue weighted by Crippen LogP contribution is -2.36. The van der Waals surface area contributed by atoms with Gasteiger partial charge >= 0.3 is 5.97 Å². The zero-order valence-corrected chi connectivity index (χ0v) is 21.1. The van der Waals surface area contributed by atoms with E-state index < -0.39 is 0 Å². The maximum absolute atomic E-state index is 11.8. The minimum absolute atomic E-state index is 0.0271. The molecule has 7 heteroatoms. The molecule has 5 aromatic rings. The van der Waals surface area contributed by atoms with Crippen LogP contribution in [0.25, 0.3) is 39.1 Å². The van der Waals surface area contributed by atoms with E-state index in [9.17, 15) is 4.79 Å². The van der Waals surface area contributed by atoms with Gasteiger partial charge in [0, 0.05) is 35.3 Å². The highest BCUT2D eigenvalue weighted by atomic mass is 16.5. The van der Waals surface area contributed by atoms with E-state index in [1.165, 1.54) is 12.7 Å². The fraction of sp³-hybridized carbons (Fsp3) is 0.267. The van der Waals surface area contributed by atoms with Crippen molar-refractivity contribution in [3.8, 4) is 22.4 Å². The molecule has 0 aliphatic carbocycles. The van der Waals surface area contributed by atoms with Crippen LogP contribution in [-0.4, -0.2) is 50.7 Å². The third-order valence-corrected chi connectivity index (χ3v) is 7.22. The Morgan fingerprint density at radius 2 is 1.76 bits per heavy atom. The van der Waals surface area contributed by atoms with Crippen LogP contribution in [-0.2, 0) is 16.1 Å². The van der Waals surface area contributed by atoms with Crippen molar-refractivity contribution in [1.82, 2.24) is 24.5 Å². The summed E-state index contributed by atoms with van der Waals surface area (Å²) in [5, 5.41) is 5.59. The Hall–Kier alpha value is -4.10. The van der Waals surface area contributed by atoms with Gasteiger partial charge < -0.3 is 4.74 Å². The van der Waals surface area contributed by atoms with Crippen molar-refractivity contribution in [2.75, 3.05) is 20.2 Å². The van der Waals surface area contributed by atoms with E-state index in [0.29, 0.717) is 0 Å². The number of aryl methyl sites for hydroxylation is 1. The number of hydrogen-bond acceptors (Lipinski definition) is 6. The molecule has 6 rings (SSSR count). The quantitative estimate of drug-likeness (QED) is 0.311. The summed E-state index contributed by atoms with van der Waals surface area (Å²) in [6.45, 7) is 4.64. The number of benzene rings is 2.